The predicted octanol–water partition coefficient (Wildman–Crippen LogP) is 9.69. The molecular weight excluding hydrogens is 677 g/mol. The molecule has 7 aromatic rings. The fourth-order valence-corrected chi connectivity index (χ4v) is 4.86. The number of aryl methyl sites for hydroxylation is 2. The molecule has 0 bridgehead atoms. The van der Waals surface area contributed by atoms with Gasteiger partial charge >= 0.3 is 0 Å². The van der Waals surface area contributed by atoms with Crippen molar-refractivity contribution in [1.29, 1.82) is 0 Å². The number of hydrogen-bond acceptors (Lipinski definition) is 2. The average Bonchev–Trinajstić information content (AvgIpc) is 3.05. The quantitative estimate of drug-likeness (QED) is 0.135. The van der Waals surface area contributed by atoms with Crippen LogP contribution in [0.25, 0.3) is 55.2 Å². The van der Waals surface area contributed by atoms with Crippen LogP contribution in [0.15, 0.2) is 134 Å². The summed E-state index contributed by atoms with van der Waals surface area (Å²) < 4.78 is 21.7. The van der Waals surface area contributed by atoms with Gasteiger partial charge in [-0.05, 0) is 70.0 Å². The van der Waals surface area contributed by atoms with Crippen molar-refractivity contribution in [3.63, 3.8) is 0 Å². The zero-order chi connectivity index (χ0) is 29.8. The number of aromatic nitrogens is 2. The van der Waals surface area contributed by atoms with Crippen LogP contribution < -0.4 is 0 Å². The molecule has 0 fully saturated rings. The summed E-state index contributed by atoms with van der Waals surface area (Å²) in [5.74, 6) is 0. The zero-order valence-corrected chi connectivity index (χ0v) is 24.8. The van der Waals surface area contributed by atoms with Crippen molar-refractivity contribution < 1.29 is 24.2 Å². The Kier molecular flexibility index (Phi) is 7.62. The molecule has 7 rings (SSSR count). The molecule has 0 amide bonds. The number of nitrogens with zero attached hydrogens (tertiary/aromatic N) is 2. The van der Waals surface area contributed by atoms with Gasteiger partial charge in [-0.1, -0.05) is 72.3 Å². The zero-order valence-electron chi connectivity index (χ0n) is 25.4. The Labute approximate surface area is 259 Å². The SMILES string of the molecule is Cc1ccnc(-c2[c-]ccc(-c3cc4ccccc4c4ccccc34)c2)c1.[2H]C([2H])([2H])c1ccc(-c2[c-]cccc2)nc1.[Ir]. The van der Waals surface area contributed by atoms with E-state index in [1.54, 1.807) is 18.2 Å². The van der Waals surface area contributed by atoms with Gasteiger partial charge in [0.25, 0.3) is 0 Å². The van der Waals surface area contributed by atoms with Gasteiger partial charge in [0.15, 0.2) is 0 Å². The van der Waals surface area contributed by atoms with Crippen LogP contribution in [0.1, 0.15) is 15.2 Å². The van der Waals surface area contributed by atoms with Gasteiger partial charge in [0.05, 0.1) is 0 Å². The molecule has 3 heteroatoms. The van der Waals surface area contributed by atoms with Crippen LogP contribution in [0, 0.1) is 25.9 Å². The van der Waals surface area contributed by atoms with E-state index in [0.29, 0.717) is 0 Å². The molecule has 0 spiro atoms. The largest absolute Gasteiger partial charge is 0.305 e. The molecule has 0 saturated heterocycles. The van der Waals surface area contributed by atoms with Gasteiger partial charge in [0, 0.05) is 36.6 Å². The first kappa shape index (κ1) is 24.4. The second-order valence-electron chi connectivity index (χ2n) is 9.61. The summed E-state index contributed by atoms with van der Waals surface area (Å²) in [7, 11) is 0. The second kappa shape index (κ2) is 12.8. The monoisotopic (exact) mass is 708 g/mol. The van der Waals surface area contributed by atoms with Gasteiger partial charge in [-0.25, -0.2) is 0 Å². The van der Waals surface area contributed by atoms with Crippen LogP contribution >= 0.6 is 0 Å². The van der Waals surface area contributed by atoms with E-state index in [9.17, 15) is 0 Å². The van der Waals surface area contributed by atoms with E-state index in [1.165, 1.54) is 44.4 Å². The van der Waals surface area contributed by atoms with Crippen molar-refractivity contribution in [2.24, 2.45) is 0 Å². The Morgan fingerprint density at radius 1 is 0.610 bits per heavy atom. The minimum Gasteiger partial charge on any atom is -0.305 e. The standard InChI is InChI=1S/C26H18N.C12H10N.Ir/c1-18-13-14-27-26(15-18)21-9-6-8-19(16-21)25-17-20-7-2-3-10-22(20)23-11-4-5-12-24(23)25;1-10-7-8-12(13-9-10)11-5-3-2-4-6-11;/h2-8,10-17H,1H3;2-5,7-9H,1H3;/q2*-1;/i;1D3;. The van der Waals surface area contributed by atoms with Crippen LogP contribution in [-0.4, -0.2) is 9.97 Å². The Balaban J connectivity index is 0.000000194. The molecule has 0 aliphatic rings. The third kappa shape index (κ3) is 6.33. The van der Waals surface area contributed by atoms with E-state index in [-0.39, 0.29) is 25.7 Å². The Morgan fingerprint density at radius 2 is 1.39 bits per heavy atom. The number of hydrogen-bond donors (Lipinski definition) is 0. The van der Waals surface area contributed by atoms with E-state index in [0.717, 1.165) is 22.5 Å². The van der Waals surface area contributed by atoms with Gasteiger partial charge in [-0.3, -0.25) is 0 Å². The maximum atomic E-state index is 7.23. The fourth-order valence-electron chi connectivity index (χ4n) is 4.86. The minimum absolute atomic E-state index is 0. The maximum Gasteiger partial charge on any atom is 0.0280 e. The number of benzene rings is 5. The number of fused-ring (bicyclic) bond motifs is 3. The number of pyridine rings is 2. The molecule has 0 N–H and O–H groups in total. The first-order valence-electron chi connectivity index (χ1n) is 14.7. The predicted molar refractivity (Wildman–Crippen MR) is 167 cm³/mol. The molecule has 0 unspecified atom stereocenters. The fraction of sp³-hybridized carbons (Fsp3) is 0.0526. The molecule has 41 heavy (non-hydrogen) atoms. The summed E-state index contributed by atoms with van der Waals surface area (Å²) >= 11 is 0. The molecule has 2 nitrogen and oxygen atoms in total. The molecule has 0 aliphatic heterocycles. The summed E-state index contributed by atoms with van der Waals surface area (Å²) in [5, 5.41) is 5.10. The van der Waals surface area contributed by atoms with Gasteiger partial charge in [-0.15, -0.1) is 71.3 Å². The first-order chi connectivity index (χ1) is 20.9. The minimum atomic E-state index is -2.09. The van der Waals surface area contributed by atoms with Gasteiger partial charge in [0.1, 0.15) is 0 Å². The van der Waals surface area contributed by atoms with E-state index in [4.69, 9.17) is 4.11 Å². The van der Waals surface area contributed by atoms with E-state index < -0.39 is 6.85 Å². The topological polar surface area (TPSA) is 25.8 Å². The third-order valence-electron chi connectivity index (χ3n) is 6.82. The van der Waals surface area contributed by atoms with Crippen LogP contribution in [0.4, 0.5) is 0 Å². The average molecular weight is 708 g/mol. The maximum absolute atomic E-state index is 7.23. The van der Waals surface area contributed by atoms with Crippen molar-refractivity contribution in [3.8, 4) is 33.6 Å². The molecule has 0 saturated carbocycles. The first-order valence-corrected chi connectivity index (χ1v) is 13.2. The van der Waals surface area contributed by atoms with Crippen molar-refractivity contribution in [2.45, 2.75) is 13.8 Å². The van der Waals surface area contributed by atoms with Gasteiger partial charge in [-0.2, -0.15) is 0 Å². The molecule has 5 aromatic carbocycles. The van der Waals surface area contributed by atoms with Crippen LogP contribution in [0.2, 0.25) is 0 Å². The van der Waals surface area contributed by atoms with Crippen molar-refractivity contribution in [2.75, 3.05) is 0 Å². The van der Waals surface area contributed by atoms with Crippen molar-refractivity contribution in [1.82, 2.24) is 9.97 Å². The van der Waals surface area contributed by atoms with Crippen LogP contribution in [0.5, 0.6) is 0 Å². The second-order valence-corrected chi connectivity index (χ2v) is 9.61. The van der Waals surface area contributed by atoms with Crippen molar-refractivity contribution in [3.05, 3.63) is 157 Å². The normalized spacial score (nSPS) is 11.9. The van der Waals surface area contributed by atoms with Gasteiger partial charge in [0.2, 0.25) is 0 Å². The van der Waals surface area contributed by atoms with Crippen molar-refractivity contribution >= 4 is 21.5 Å². The summed E-state index contributed by atoms with van der Waals surface area (Å²) in [4.78, 5) is 8.65. The van der Waals surface area contributed by atoms with Gasteiger partial charge < -0.3 is 9.97 Å². The molecule has 201 valence electrons. The summed E-state index contributed by atoms with van der Waals surface area (Å²) in [6, 6.07) is 47.1. The molecule has 0 aliphatic carbocycles. The van der Waals surface area contributed by atoms with E-state index >= 15 is 0 Å². The Bertz CT molecular complexity index is 2020. The van der Waals surface area contributed by atoms with E-state index in [1.807, 2.05) is 36.5 Å². The summed E-state index contributed by atoms with van der Waals surface area (Å²) in [6.07, 6.45) is 3.25. The summed E-state index contributed by atoms with van der Waals surface area (Å²) in [6.45, 7) is -0.00218. The van der Waals surface area contributed by atoms with E-state index in [2.05, 4.69) is 102 Å². The number of rotatable bonds is 3. The molecule has 2 aromatic heterocycles. The molecule has 1 radical (unpaired) electrons. The molecule has 0 atom stereocenters. The summed E-state index contributed by atoms with van der Waals surface area (Å²) in [5.41, 5.74) is 7.46. The molecule has 2 heterocycles. The Morgan fingerprint density at radius 3 is 2.15 bits per heavy atom. The smallest absolute Gasteiger partial charge is 0.0280 e. The molecular formula is C38H28IrN2-2. The third-order valence-corrected chi connectivity index (χ3v) is 6.82. The van der Waals surface area contributed by atoms with Crippen LogP contribution in [0.3, 0.4) is 0 Å². The Hall–Kier alpha value is -4.43. The van der Waals surface area contributed by atoms with Crippen LogP contribution in [-0.2, 0) is 20.1 Å².